The Kier molecular flexibility index (Phi) is 5.55. The number of piperidine rings is 1. The number of Topliss-reactive ketones (excluding diaryl/α,β-unsaturated/α-hetero) is 1. The molecule has 1 amide bonds. The Bertz CT molecular complexity index is 1020. The normalized spacial score (nSPS) is 16.7. The quantitative estimate of drug-likeness (QED) is 0.619. The average Bonchev–Trinajstić information content (AvgIpc) is 3.12. The maximum atomic E-state index is 12.5. The van der Waals surface area contributed by atoms with Gasteiger partial charge in [-0.3, -0.25) is 4.79 Å². The first-order valence-electron chi connectivity index (χ1n) is 9.89. The first kappa shape index (κ1) is 19.1. The van der Waals surface area contributed by atoms with E-state index < -0.39 is 0 Å². The maximum absolute atomic E-state index is 12.5. The van der Waals surface area contributed by atoms with Crippen LogP contribution in [0.25, 0.3) is 11.2 Å². The van der Waals surface area contributed by atoms with Gasteiger partial charge >= 0.3 is 6.09 Å². The largest absolute Gasteiger partial charge is 0.445 e. The number of hydrogen-bond donors (Lipinski definition) is 0. The number of carbonyl (C=O) groups is 2. The van der Waals surface area contributed by atoms with Crippen molar-refractivity contribution in [3.8, 4) is 0 Å². The van der Waals surface area contributed by atoms with Crippen molar-refractivity contribution in [1.82, 2.24) is 19.4 Å². The van der Waals surface area contributed by atoms with Crippen molar-refractivity contribution in [2.24, 2.45) is 5.92 Å². The second-order valence-corrected chi connectivity index (χ2v) is 7.44. The van der Waals surface area contributed by atoms with E-state index in [2.05, 4.69) is 9.97 Å². The predicted molar refractivity (Wildman–Crippen MR) is 108 cm³/mol. The minimum atomic E-state index is -0.293. The van der Waals surface area contributed by atoms with Gasteiger partial charge in [0.2, 0.25) is 0 Å². The molecule has 0 spiro atoms. The molecule has 0 saturated carbocycles. The molecule has 0 N–H and O–H groups in total. The van der Waals surface area contributed by atoms with Crippen LogP contribution >= 0.6 is 0 Å². The van der Waals surface area contributed by atoms with E-state index in [4.69, 9.17) is 4.74 Å². The maximum Gasteiger partial charge on any atom is 0.410 e. The number of fused-ring (bicyclic) bond motifs is 1. The molecule has 150 valence electrons. The number of benzene rings is 1. The Hall–Kier alpha value is -3.22. The molecular weight excluding hydrogens is 368 g/mol. The molecule has 7 nitrogen and oxygen atoms in total. The Morgan fingerprint density at radius 2 is 2.00 bits per heavy atom. The van der Waals surface area contributed by atoms with Crippen LogP contribution in [0, 0.1) is 5.92 Å². The Balaban J connectivity index is 1.44. The molecule has 0 radical (unpaired) electrons. The fourth-order valence-electron chi connectivity index (χ4n) is 3.85. The minimum absolute atomic E-state index is 0.0852. The van der Waals surface area contributed by atoms with Crippen LogP contribution in [0.4, 0.5) is 4.79 Å². The smallest absolute Gasteiger partial charge is 0.410 e. The summed E-state index contributed by atoms with van der Waals surface area (Å²) < 4.78 is 7.37. The number of carbonyl (C=O) groups excluding carboxylic acids is 2. The van der Waals surface area contributed by atoms with Gasteiger partial charge in [-0.2, -0.15) is 0 Å². The first-order chi connectivity index (χ1) is 14.1. The van der Waals surface area contributed by atoms with Gasteiger partial charge in [0.05, 0.1) is 0 Å². The van der Waals surface area contributed by atoms with Crippen LogP contribution in [-0.4, -0.2) is 44.4 Å². The molecule has 1 unspecified atom stereocenters. The summed E-state index contributed by atoms with van der Waals surface area (Å²) in [7, 11) is 0. The van der Waals surface area contributed by atoms with Crippen LogP contribution in [0.1, 0.15) is 35.9 Å². The second-order valence-electron chi connectivity index (χ2n) is 7.44. The third kappa shape index (κ3) is 4.29. The number of ketones is 1. The Labute approximate surface area is 169 Å². The molecule has 1 aliphatic heterocycles. The van der Waals surface area contributed by atoms with E-state index in [1.165, 1.54) is 6.92 Å². The van der Waals surface area contributed by atoms with Gasteiger partial charge in [-0.25, -0.2) is 14.8 Å². The zero-order valence-electron chi connectivity index (χ0n) is 16.5. The highest BCUT2D eigenvalue weighted by molar-refractivity contribution is 5.94. The molecular formula is C22H24N4O3. The number of rotatable bonds is 5. The monoisotopic (exact) mass is 392 g/mol. The van der Waals surface area contributed by atoms with E-state index in [0.717, 1.165) is 18.4 Å². The van der Waals surface area contributed by atoms with Gasteiger partial charge in [0.1, 0.15) is 12.1 Å². The van der Waals surface area contributed by atoms with Crippen molar-refractivity contribution in [2.75, 3.05) is 13.1 Å². The number of amides is 1. The van der Waals surface area contributed by atoms with Crippen LogP contribution in [0.5, 0.6) is 0 Å². The molecule has 2 aromatic heterocycles. The number of hydrogen-bond acceptors (Lipinski definition) is 5. The zero-order chi connectivity index (χ0) is 20.2. The van der Waals surface area contributed by atoms with Gasteiger partial charge in [0.15, 0.2) is 17.3 Å². The minimum Gasteiger partial charge on any atom is -0.445 e. The van der Waals surface area contributed by atoms with Gasteiger partial charge in [0, 0.05) is 32.8 Å². The van der Waals surface area contributed by atoms with E-state index in [1.54, 1.807) is 11.1 Å². The van der Waals surface area contributed by atoms with E-state index in [0.29, 0.717) is 36.6 Å². The summed E-state index contributed by atoms with van der Waals surface area (Å²) in [5.74, 6) is 0.547. The number of likely N-dealkylation sites (tertiary alicyclic amines) is 1. The van der Waals surface area contributed by atoms with Crippen LogP contribution in [0.3, 0.4) is 0 Å². The molecule has 3 heterocycles. The molecule has 1 atom stereocenters. The summed E-state index contributed by atoms with van der Waals surface area (Å²) in [4.78, 5) is 35.2. The topological polar surface area (TPSA) is 77.3 Å². The molecule has 1 aromatic carbocycles. The lowest BCUT2D eigenvalue weighted by molar-refractivity contribution is 0.0765. The summed E-state index contributed by atoms with van der Waals surface area (Å²) in [5.41, 5.74) is 2.39. The lowest BCUT2D eigenvalue weighted by atomic mass is 9.98. The molecule has 7 heteroatoms. The van der Waals surface area contributed by atoms with Crippen molar-refractivity contribution in [3.05, 3.63) is 60.0 Å². The highest BCUT2D eigenvalue weighted by Gasteiger charge is 2.27. The summed E-state index contributed by atoms with van der Waals surface area (Å²) in [5, 5.41) is 0. The van der Waals surface area contributed by atoms with Crippen molar-refractivity contribution in [1.29, 1.82) is 0 Å². The van der Waals surface area contributed by atoms with Crippen molar-refractivity contribution in [2.45, 2.75) is 32.9 Å². The first-order valence-corrected chi connectivity index (χ1v) is 9.89. The fourth-order valence-corrected chi connectivity index (χ4v) is 3.85. The van der Waals surface area contributed by atoms with Gasteiger partial charge < -0.3 is 14.2 Å². The number of imidazole rings is 1. The predicted octanol–water partition coefficient (Wildman–Crippen LogP) is 3.68. The zero-order valence-corrected chi connectivity index (χ0v) is 16.5. The van der Waals surface area contributed by atoms with Crippen molar-refractivity contribution < 1.29 is 14.3 Å². The van der Waals surface area contributed by atoms with Crippen molar-refractivity contribution in [3.63, 3.8) is 0 Å². The van der Waals surface area contributed by atoms with E-state index >= 15 is 0 Å². The van der Waals surface area contributed by atoms with E-state index in [9.17, 15) is 9.59 Å². The summed E-state index contributed by atoms with van der Waals surface area (Å²) in [6.45, 7) is 3.67. The lowest BCUT2D eigenvalue weighted by Gasteiger charge is -2.32. The highest BCUT2D eigenvalue weighted by atomic mass is 16.6. The molecule has 1 fully saturated rings. The summed E-state index contributed by atoms with van der Waals surface area (Å²) in [6, 6.07) is 13.3. The third-order valence-electron chi connectivity index (χ3n) is 5.24. The molecule has 3 aromatic rings. The van der Waals surface area contributed by atoms with E-state index in [-0.39, 0.29) is 24.4 Å². The van der Waals surface area contributed by atoms with Gasteiger partial charge in [-0.05, 0) is 36.5 Å². The Morgan fingerprint density at radius 1 is 1.17 bits per heavy atom. The van der Waals surface area contributed by atoms with Gasteiger partial charge in [0.25, 0.3) is 0 Å². The van der Waals surface area contributed by atoms with Crippen LogP contribution in [-0.2, 0) is 17.9 Å². The summed E-state index contributed by atoms with van der Waals surface area (Å²) >= 11 is 0. The second kappa shape index (κ2) is 8.43. The standard InChI is InChI=1S/C22H24N4O3/c1-16(27)20-24-19-10-5-11-23-21(19)26(20)14-18-9-6-12-25(13-18)22(28)29-15-17-7-3-2-4-8-17/h2-5,7-8,10-11,18H,6,9,12-15H2,1H3. The molecule has 0 bridgehead atoms. The molecule has 29 heavy (non-hydrogen) atoms. The number of nitrogens with zero attached hydrogens (tertiary/aromatic N) is 4. The van der Waals surface area contributed by atoms with Crippen LogP contribution in [0.15, 0.2) is 48.7 Å². The van der Waals surface area contributed by atoms with Gasteiger partial charge in [-0.1, -0.05) is 30.3 Å². The van der Waals surface area contributed by atoms with Gasteiger partial charge in [-0.15, -0.1) is 0 Å². The third-order valence-corrected chi connectivity index (χ3v) is 5.24. The van der Waals surface area contributed by atoms with Crippen molar-refractivity contribution >= 4 is 23.0 Å². The fraction of sp³-hybridized carbons (Fsp3) is 0.364. The highest BCUT2D eigenvalue weighted by Crippen LogP contribution is 2.23. The molecule has 0 aliphatic carbocycles. The molecule has 4 rings (SSSR count). The van der Waals surface area contributed by atoms with Crippen LogP contribution in [0.2, 0.25) is 0 Å². The number of aromatic nitrogens is 3. The molecule has 1 aliphatic rings. The molecule has 1 saturated heterocycles. The van der Waals surface area contributed by atoms with Crippen LogP contribution < -0.4 is 0 Å². The summed E-state index contributed by atoms with van der Waals surface area (Å²) in [6.07, 6.45) is 3.30. The number of pyridine rings is 1. The Morgan fingerprint density at radius 3 is 2.79 bits per heavy atom. The average molecular weight is 392 g/mol. The SMILES string of the molecule is CC(=O)c1nc2cccnc2n1CC1CCCN(C(=O)OCc2ccccc2)C1. The lowest BCUT2D eigenvalue weighted by Crippen LogP contribution is -2.41. The van der Waals surface area contributed by atoms with E-state index in [1.807, 2.05) is 47.0 Å². The number of ether oxygens (including phenoxy) is 1.